The molecule has 4 nitrogen and oxygen atoms in total. The minimum absolute atomic E-state index is 0.139. The standard InChI is InChI=1S/C25H26ClNO3/c1-2-29-25(28)15-7-4-10-16-30-24-18-20(21-13-8-9-14-22(21)26)17-23(27-24)19-11-5-3-6-12-19/h3,5-6,8-9,11-14,17-18H,2,4,7,10,15-16H2,1H3. The summed E-state index contributed by atoms with van der Waals surface area (Å²) >= 11 is 6.42. The molecule has 156 valence electrons. The fourth-order valence-corrected chi connectivity index (χ4v) is 3.39. The molecule has 5 heteroatoms. The summed E-state index contributed by atoms with van der Waals surface area (Å²) in [6.45, 7) is 2.79. The number of hydrogen-bond donors (Lipinski definition) is 0. The Morgan fingerprint density at radius 1 is 0.933 bits per heavy atom. The Balaban J connectivity index is 1.70. The highest BCUT2D eigenvalue weighted by atomic mass is 35.5. The largest absolute Gasteiger partial charge is 0.478 e. The highest BCUT2D eigenvalue weighted by Crippen LogP contribution is 2.32. The predicted octanol–water partition coefficient (Wildman–Crippen LogP) is 6.57. The number of halogens is 1. The molecule has 0 atom stereocenters. The van der Waals surface area contributed by atoms with E-state index in [9.17, 15) is 4.79 Å². The number of aromatic nitrogens is 1. The van der Waals surface area contributed by atoms with Crippen molar-refractivity contribution < 1.29 is 14.3 Å². The van der Waals surface area contributed by atoms with Gasteiger partial charge < -0.3 is 9.47 Å². The molecule has 1 heterocycles. The highest BCUT2D eigenvalue weighted by Gasteiger charge is 2.10. The van der Waals surface area contributed by atoms with Crippen LogP contribution in [0.1, 0.15) is 32.6 Å². The zero-order chi connectivity index (χ0) is 21.2. The SMILES string of the molecule is CCOC(=O)CCCCCOc1cc(-c2ccccc2Cl)cc(-c2ccccc2)n1. The molecule has 0 aliphatic heterocycles. The number of carbonyl (C=O) groups excluding carboxylic acids is 1. The summed E-state index contributed by atoms with van der Waals surface area (Å²) in [5, 5.41) is 0.688. The summed E-state index contributed by atoms with van der Waals surface area (Å²) in [6.07, 6.45) is 2.99. The van der Waals surface area contributed by atoms with Gasteiger partial charge in [0.1, 0.15) is 0 Å². The van der Waals surface area contributed by atoms with Crippen LogP contribution in [0.2, 0.25) is 5.02 Å². The summed E-state index contributed by atoms with van der Waals surface area (Å²) < 4.78 is 10.9. The van der Waals surface area contributed by atoms with Gasteiger partial charge in [0.15, 0.2) is 0 Å². The van der Waals surface area contributed by atoms with Gasteiger partial charge in [0, 0.05) is 28.6 Å². The third-order valence-electron chi connectivity index (χ3n) is 4.64. The maximum Gasteiger partial charge on any atom is 0.305 e. The molecule has 0 aliphatic carbocycles. The average Bonchev–Trinajstić information content (AvgIpc) is 2.77. The fraction of sp³-hybridized carbons (Fsp3) is 0.280. The first kappa shape index (κ1) is 21.8. The molecular formula is C25H26ClNO3. The molecule has 0 aliphatic rings. The number of pyridine rings is 1. The van der Waals surface area contributed by atoms with E-state index in [0.29, 0.717) is 30.5 Å². The lowest BCUT2D eigenvalue weighted by atomic mass is 10.0. The Bertz CT molecular complexity index is 960. The molecular weight excluding hydrogens is 398 g/mol. The van der Waals surface area contributed by atoms with Gasteiger partial charge in [0.25, 0.3) is 0 Å². The van der Waals surface area contributed by atoms with Crippen molar-refractivity contribution in [3.8, 4) is 28.3 Å². The van der Waals surface area contributed by atoms with Crippen molar-refractivity contribution >= 4 is 17.6 Å². The van der Waals surface area contributed by atoms with Gasteiger partial charge >= 0.3 is 5.97 Å². The zero-order valence-corrected chi connectivity index (χ0v) is 17.9. The lowest BCUT2D eigenvalue weighted by Crippen LogP contribution is -2.04. The molecule has 0 amide bonds. The monoisotopic (exact) mass is 423 g/mol. The van der Waals surface area contributed by atoms with Crippen LogP contribution in [0.3, 0.4) is 0 Å². The lowest BCUT2D eigenvalue weighted by Gasteiger charge is -2.12. The maximum atomic E-state index is 11.4. The van der Waals surface area contributed by atoms with Crippen LogP contribution in [-0.4, -0.2) is 24.2 Å². The molecule has 2 aromatic carbocycles. The molecule has 0 bridgehead atoms. The van der Waals surface area contributed by atoms with Crippen LogP contribution in [-0.2, 0) is 9.53 Å². The minimum Gasteiger partial charge on any atom is -0.478 e. The first-order valence-electron chi connectivity index (χ1n) is 10.3. The predicted molar refractivity (Wildman–Crippen MR) is 121 cm³/mol. The molecule has 30 heavy (non-hydrogen) atoms. The molecule has 0 saturated heterocycles. The topological polar surface area (TPSA) is 48.4 Å². The maximum absolute atomic E-state index is 11.4. The minimum atomic E-state index is -0.139. The van der Waals surface area contributed by atoms with E-state index in [1.54, 1.807) is 0 Å². The van der Waals surface area contributed by atoms with Crippen molar-refractivity contribution in [2.24, 2.45) is 0 Å². The van der Waals surface area contributed by atoms with E-state index in [0.717, 1.165) is 41.6 Å². The molecule has 0 N–H and O–H groups in total. The van der Waals surface area contributed by atoms with Gasteiger partial charge in [-0.25, -0.2) is 4.98 Å². The van der Waals surface area contributed by atoms with Crippen LogP contribution < -0.4 is 4.74 Å². The molecule has 3 aromatic rings. The van der Waals surface area contributed by atoms with Crippen LogP contribution >= 0.6 is 11.6 Å². The van der Waals surface area contributed by atoms with Crippen LogP contribution in [0.15, 0.2) is 66.7 Å². The van der Waals surface area contributed by atoms with Gasteiger partial charge in [-0.15, -0.1) is 0 Å². The van der Waals surface area contributed by atoms with E-state index in [1.165, 1.54) is 0 Å². The third kappa shape index (κ3) is 6.33. The lowest BCUT2D eigenvalue weighted by molar-refractivity contribution is -0.143. The smallest absolute Gasteiger partial charge is 0.305 e. The van der Waals surface area contributed by atoms with Crippen molar-refractivity contribution in [1.29, 1.82) is 0 Å². The highest BCUT2D eigenvalue weighted by molar-refractivity contribution is 6.33. The Morgan fingerprint density at radius 2 is 1.70 bits per heavy atom. The number of carbonyl (C=O) groups is 1. The average molecular weight is 424 g/mol. The first-order chi connectivity index (χ1) is 14.7. The number of rotatable bonds is 10. The molecule has 1 aromatic heterocycles. The number of benzene rings is 2. The van der Waals surface area contributed by atoms with E-state index >= 15 is 0 Å². The van der Waals surface area contributed by atoms with Crippen LogP contribution in [0.5, 0.6) is 5.88 Å². The second kappa shape index (κ2) is 11.4. The number of ether oxygens (including phenoxy) is 2. The van der Waals surface area contributed by atoms with E-state index < -0.39 is 0 Å². The first-order valence-corrected chi connectivity index (χ1v) is 10.7. The van der Waals surface area contributed by atoms with Crippen molar-refractivity contribution in [3.05, 3.63) is 71.8 Å². The molecule has 0 radical (unpaired) electrons. The number of esters is 1. The van der Waals surface area contributed by atoms with Gasteiger partial charge in [0.05, 0.1) is 18.9 Å². The summed E-state index contributed by atoms with van der Waals surface area (Å²) in [5.74, 6) is 0.427. The zero-order valence-electron chi connectivity index (χ0n) is 17.1. The Kier molecular flexibility index (Phi) is 8.28. The van der Waals surface area contributed by atoms with Gasteiger partial charge in [0.2, 0.25) is 5.88 Å². The van der Waals surface area contributed by atoms with E-state index in [-0.39, 0.29) is 5.97 Å². The quantitative estimate of drug-likeness (QED) is 0.273. The molecule has 3 rings (SSSR count). The second-order valence-corrected chi connectivity index (χ2v) is 7.30. The summed E-state index contributed by atoms with van der Waals surface area (Å²) in [5.41, 5.74) is 3.76. The molecule has 0 spiro atoms. The van der Waals surface area contributed by atoms with Gasteiger partial charge in [-0.1, -0.05) is 60.1 Å². The molecule has 0 unspecified atom stereocenters. The summed E-state index contributed by atoms with van der Waals surface area (Å²) in [6, 6.07) is 21.7. The van der Waals surface area contributed by atoms with Crippen molar-refractivity contribution in [2.75, 3.05) is 13.2 Å². The molecule has 0 saturated carbocycles. The number of unbranched alkanes of at least 4 members (excludes halogenated alkanes) is 2. The second-order valence-electron chi connectivity index (χ2n) is 6.89. The van der Waals surface area contributed by atoms with Gasteiger partial charge in [-0.05, 0) is 43.9 Å². The van der Waals surface area contributed by atoms with E-state index in [2.05, 4.69) is 4.98 Å². The van der Waals surface area contributed by atoms with E-state index in [4.69, 9.17) is 21.1 Å². The summed E-state index contributed by atoms with van der Waals surface area (Å²) in [4.78, 5) is 16.1. The molecule has 0 fully saturated rings. The Labute approximate surface area is 182 Å². The fourth-order valence-electron chi connectivity index (χ4n) is 3.14. The number of nitrogens with zero attached hydrogens (tertiary/aromatic N) is 1. The normalized spacial score (nSPS) is 10.6. The van der Waals surface area contributed by atoms with Crippen molar-refractivity contribution in [2.45, 2.75) is 32.6 Å². The van der Waals surface area contributed by atoms with Crippen molar-refractivity contribution in [1.82, 2.24) is 4.98 Å². The van der Waals surface area contributed by atoms with Crippen LogP contribution in [0, 0.1) is 0 Å². The van der Waals surface area contributed by atoms with Crippen LogP contribution in [0.25, 0.3) is 22.4 Å². The summed E-state index contributed by atoms with van der Waals surface area (Å²) in [7, 11) is 0. The Morgan fingerprint density at radius 3 is 2.47 bits per heavy atom. The number of hydrogen-bond acceptors (Lipinski definition) is 4. The van der Waals surface area contributed by atoms with Crippen molar-refractivity contribution in [3.63, 3.8) is 0 Å². The van der Waals surface area contributed by atoms with E-state index in [1.807, 2.05) is 73.7 Å². The van der Waals surface area contributed by atoms with Crippen LogP contribution in [0.4, 0.5) is 0 Å². The third-order valence-corrected chi connectivity index (χ3v) is 4.97. The van der Waals surface area contributed by atoms with Gasteiger partial charge in [-0.2, -0.15) is 0 Å². The van der Waals surface area contributed by atoms with Gasteiger partial charge in [-0.3, -0.25) is 4.79 Å². The Hall–Kier alpha value is -2.85.